The number of carbonyl (C=O) groups excluding carboxylic acids is 1. The molecule has 19 heavy (non-hydrogen) atoms. The average Bonchev–Trinajstić information content (AvgIpc) is 2.59. The molecule has 4 nitrogen and oxygen atoms in total. The number of rotatable bonds is 2. The molecule has 102 valence electrons. The van der Waals surface area contributed by atoms with Crippen LogP contribution in [0.2, 0.25) is 0 Å². The topological polar surface area (TPSA) is 64.3 Å². The smallest absolute Gasteiger partial charge is 0.228 e. The van der Waals surface area contributed by atoms with Crippen molar-refractivity contribution in [1.82, 2.24) is 0 Å². The average molecular weight is 260 g/mol. The number of hydrogen-bond acceptors (Lipinski definition) is 3. The van der Waals surface area contributed by atoms with E-state index in [0.717, 1.165) is 24.1 Å². The summed E-state index contributed by atoms with van der Waals surface area (Å²) in [5, 5.41) is 2.84. The van der Waals surface area contributed by atoms with Gasteiger partial charge >= 0.3 is 0 Å². The molecule has 1 heterocycles. The molecule has 1 aromatic rings. The van der Waals surface area contributed by atoms with Gasteiger partial charge in [0.1, 0.15) is 5.75 Å². The number of fused-ring (bicyclic) bond motifs is 1. The Hall–Kier alpha value is -1.71. The highest BCUT2D eigenvalue weighted by molar-refractivity contribution is 6.00. The Balaban J connectivity index is 1.77. The summed E-state index contributed by atoms with van der Waals surface area (Å²) < 4.78 is 6.05. The maximum atomic E-state index is 11.4. The Kier molecular flexibility index (Phi) is 3.32. The molecule has 0 spiro atoms. The van der Waals surface area contributed by atoms with Crippen molar-refractivity contribution >= 4 is 17.3 Å². The number of hydrogen-bond donors (Lipinski definition) is 2. The fourth-order valence-corrected chi connectivity index (χ4v) is 2.92. The first-order valence-corrected chi connectivity index (χ1v) is 7.11. The summed E-state index contributed by atoms with van der Waals surface area (Å²) in [5.41, 5.74) is 8.49. The van der Waals surface area contributed by atoms with Gasteiger partial charge in [0, 0.05) is 11.8 Å². The molecule has 4 heteroatoms. The molecule has 0 aromatic heterocycles. The molecule has 0 radical (unpaired) electrons. The van der Waals surface area contributed by atoms with Crippen molar-refractivity contribution in [3.63, 3.8) is 0 Å². The lowest BCUT2D eigenvalue weighted by Gasteiger charge is -2.19. The molecular formula is C15H20N2O2. The van der Waals surface area contributed by atoms with Crippen LogP contribution in [0.3, 0.4) is 0 Å². The standard InChI is InChI=1S/C15H20N2O2/c16-12-7-10-8-15(18)17-13(10)9-14(12)19-11-5-3-1-2-4-6-11/h7,9,11H,1-6,8,16H2,(H,17,18). The number of benzene rings is 1. The van der Waals surface area contributed by atoms with E-state index in [1.807, 2.05) is 12.1 Å². The molecule has 1 aliphatic carbocycles. The van der Waals surface area contributed by atoms with Crippen LogP contribution in [0, 0.1) is 0 Å². The lowest BCUT2D eigenvalue weighted by Crippen LogP contribution is -2.16. The zero-order valence-corrected chi connectivity index (χ0v) is 11.1. The monoisotopic (exact) mass is 260 g/mol. The minimum Gasteiger partial charge on any atom is -0.488 e. The molecule has 0 atom stereocenters. The second-order valence-electron chi connectivity index (χ2n) is 5.50. The molecule has 1 amide bonds. The minimum absolute atomic E-state index is 0.0287. The van der Waals surface area contributed by atoms with Gasteiger partial charge in [0.05, 0.1) is 18.2 Å². The number of amides is 1. The SMILES string of the molecule is Nc1cc2c(cc1OC1CCCCCC1)NC(=O)C2. The Bertz CT molecular complexity index is 491. The van der Waals surface area contributed by atoms with Gasteiger partial charge in [-0.05, 0) is 37.3 Å². The van der Waals surface area contributed by atoms with Crippen molar-refractivity contribution in [3.8, 4) is 5.75 Å². The van der Waals surface area contributed by atoms with Crippen LogP contribution in [-0.4, -0.2) is 12.0 Å². The molecule has 0 unspecified atom stereocenters. The summed E-state index contributed by atoms with van der Waals surface area (Å²) in [6.07, 6.45) is 7.94. The number of nitrogens with two attached hydrogens (primary N) is 1. The van der Waals surface area contributed by atoms with Crippen LogP contribution in [-0.2, 0) is 11.2 Å². The second kappa shape index (κ2) is 5.11. The second-order valence-corrected chi connectivity index (χ2v) is 5.50. The van der Waals surface area contributed by atoms with E-state index in [1.54, 1.807) is 0 Å². The predicted molar refractivity (Wildman–Crippen MR) is 75.3 cm³/mol. The first-order chi connectivity index (χ1) is 9.22. The zero-order chi connectivity index (χ0) is 13.2. The maximum Gasteiger partial charge on any atom is 0.228 e. The fourth-order valence-electron chi connectivity index (χ4n) is 2.92. The highest BCUT2D eigenvalue weighted by Gasteiger charge is 2.21. The minimum atomic E-state index is 0.0287. The van der Waals surface area contributed by atoms with E-state index in [1.165, 1.54) is 25.7 Å². The van der Waals surface area contributed by atoms with Crippen LogP contribution in [0.15, 0.2) is 12.1 Å². The largest absolute Gasteiger partial charge is 0.488 e. The van der Waals surface area contributed by atoms with Crippen LogP contribution in [0.4, 0.5) is 11.4 Å². The van der Waals surface area contributed by atoms with Gasteiger partial charge in [-0.3, -0.25) is 4.79 Å². The van der Waals surface area contributed by atoms with E-state index in [4.69, 9.17) is 10.5 Å². The third-order valence-corrected chi connectivity index (χ3v) is 3.96. The van der Waals surface area contributed by atoms with Gasteiger partial charge in [-0.1, -0.05) is 12.8 Å². The van der Waals surface area contributed by atoms with Crippen LogP contribution in [0.1, 0.15) is 44.1 Å². The van der Waals surface area contributed by atoms with Gasteiger partial charge in [0.25, 0.3) is 0 Å². The van der Waals surface area contributed by atoms with Crippen molar-refractivity contribution in [1.29, 1.82) is 0 Å². The van der Waals surface area contributed by atoms with Crippen molar-refractivity contribution in [2.24, 2.45) is 0 Å². The molecule has 3 rings (SSSR count). The molecule has 1 aliphatic heterocycles. The Labute approximate surface area is 113 Å². The third kappa shape index (κ3) is 2.67. The highest BCUT2D eigenvalue weighted by Crippen LogP contribution is 2.34. The van der Waals surface area contributed by atoms with E-state index in [9.17, 15) is 4.79 Å². The van der Waals surface area contributed by atoms with Crippen molar-refractivity contribution in [3.05, 3.63) is 17.7 Å². The zero-order valence-electron chi connectivity index (χ0n) is 11.1. The lowest BCUT2D eigenvalue weighted by molar-refractivity contribution is -0.115. The van der Waals surface area contributed by atoms with Crippen LogP contribution >= 0.6 is 0 Å². The highest BCUT2D eigenvalue weighted by atomic mass is 16.5. The van der Waals surface area contributed by atoms with E-state index in [2.05, 4.69) is 5.32 Å². The summed E-state index contributed by atoms with van der Waals surface area (Å²) in [4.78, 5) is 11.4. The van der Waals surface area contributed by atoms with E-state index < -0.39 is 0 Å². The normalized spacial score (nSPS) is 19.7. The Morgan fingerprint density at radius 3 is 2.63 bits per heavy atom. The van der Waals surface area contributed by atoms with Gasteiger partial charge < -0.3 is 15.8 Å². The number of anilines is 2. The quantitative estimate of drug-likeness (QED) is 0.635. The van der Waals surface area contributed by atoms with Crippen molar-refractivity contribution < 1.29 is 9.53 Å². The lowest BCUT2D eigenvalue weighted by atomic mass is 10.1. The van der Waals surface area contributed by atoms with Gasteiger partial charge in [-0.25, -0.2) is 0 Å². The Morgan fingerprint density at radius 2 is 1.89 bits per heavy atom. The molecule has 3 N–H and O–H groups in total. The van der Waals surface area contributed by atoms with Crippen LogP contribution in [0.5, 0.6) is 5.75 Å². The first-order valence-electron chi connectivity index (χ1n) is 7.11. The molecule has 1 saturated carbocycles. The van der Waals surface area contributed by atoms with Gasteiger partial charge in [0.2, 0.25) is 5.91 Å². The first kappa shape index (κ1) is 12.3. The van der Waals surface area contributed by atoms with Crippen LogP contribution in [0.25, 0.3) is 0 Å². The molecule has 1 fully saturated rings. The number of nitrogen functional groups attached to an aromatic ring is 1. The van der Waals surface area contributed by atoms with Gasteiger partial charge in [-0.2, -0.15) is 0 Å². The Morgan fingerprint density at radius 1 is 1.16 bits per heavy atom. The van der Waals surface area contributed by atoms with Crippen LogP contribution < -0.4 is 15.8 Å². The summed E-state index contributed by atoms with van der Waals surface area (Å²) in [6, 6.07) is 3.74. The number of carbonyl (C=O) groups is 1. The van der Waals surface area contributed by atoms with Gasteiger partial charge in [-0.15, -0.1) is 0 Å². The molecule has 0 saturated heterocycles. The van der Waals surface area contributed by atoms with Gasteiger partial charge in [0.15, 0.2) is 0 Å². The van der Waals surface area contributed by atoms with E-state index in [-0.39, 0.29) is 12.0 Å². The summed E-state index contributed by atoms with van der Waals surface area (Å²) in [6.45, 7) is 0. The molecule has 1 aromatic carbocycles. The number of nitrogens with one attached hydrogen (secondary N) is 1. The molecular weight excluding hydrogens is 240 g/mol. The summed E-state index contributed by atoms with van der Waals surface area (Å²) in [7, 11) is 0. The fraction of sp³-hybridized carbons (Fsp3) is 0.533. The summed E-state index contributed by atoms with van der Waals surface area (Å²) >= 11 is 0. The van der Waals surface area contributed by atoms with E-state index >= 15 is 0 Å². The molecule has 0 bridgehead atoms. The summed E-state index contributed by atoms with van der Waals surface area (Å²) in [5.74, 6) is 0.744. The van der Waals surface area contributed by atoms with Crippen molar-refractivity contribution in [2.45, 2.75) is 51.0 Å². The third-order valence-electron chi connectivity index (χ3n) is 3.96. The predicted octanol–water partition coefficient (Wildman–Crippen LogP) is 2.87. The molecule has 2 aliphatic rings. The number of ether oxygens (including phenoxy) is 1. The van der Waals surface area contributed by atoms with E-state index in [0.29, 0.717) is 17.9 Å². The van der Waals surface area contributed by atoms with Crippen molar-refractivity contribution in [2.75, 3.05) is 11.1 Å². The maximum absolute atomic E-state index is 11.4.